The van der Waals surface area contributed by atoms with Crippen LogP contribution in [0.2, 0.25) is 0 Å². The van der Waals surface area contributed by atoms with Gasteiger partial charge in [0.1, 0.15) is 17.7 Å². The van der Waals surface area contributed by atoms with E-state index in [-0.39, 0.29) is 24.2 Å². The van der Waals surface area contributed by atoms with Gasteiger partial charge >= 0.3 is 6.09 Å². The lowest BCUT2D eigenvalue weighted by molar-refractivity contribution is -0.0366. The van der Waals surface area contributed by atoms with Gasteiger partial charge in [-0.05, 0) is 94.4 Å². The monoisotopic (exact) mass is 652 g/mol. The number of carbonyl (C=O) groups excluding carboxylic acids is 1. The molecule has 10 nitrogen and oxygen atoms in total. The summed E-state index contributed by atoms with van der Waals surface area (Å²) in [5, 5.41) is 6.08. The van der Waals surface area contributed by atoms with Crippen LogP contribution in [0.1, 0.15) is 80.1 Å². The minimum atomic E-state index is -0.515. The highest BCUT2D eigenvalue weighted by Crippen LogP contribution is 2.43. The SMILES string of the molecule is Cc1ccc2c(cnn2C2CCCCO2)c1[C@@H]1Cc2ncnc(N3CCN(C(=O)OC(C)(C)C)CC3)c2C[C@H]1COCc1ccccc1. The third kappa shape index (κ3) is 6.91. The van der Waals surface area contributed by atoms with Crippen LogP contribution in [-0.2, 0) is 33.7 Å². The molecule has 1 aliphatic carbocycles. The molecule has 1 amide bonds. The summed E-state index contributed by atoms with van der Waals surface area (Å²) in [6.45, 7) is 12.5. The number of nitrogens with zero attached hydrogens (tertiary/aromatic N) is 6. The van der Waals surface area contributed by atoms with Crippen LogP contribution in [0.5, 0.6) is 0 Å². The number of piperazine rings is 1. The molecular weight excluding hydrogens is 604 g/mol. The second-order valence-electron chi connectivity index (χ2n) is 14.5. The van der Waals surface area contributed by atoms with Crippen LogP contribution in [0, 0.1) is 12.8 Å². The summed E-state index contributed by atoms with van der Waals surface area (Å²) in [6, 6.07) is 14.8. The molecule has 4 aromatic rings. The number of fused-ring (bicyclic) bond motifs is 2. The van der Waals surface area contributed by atoms with Gasteiger partial charge in [-0.1, -0.05) is 36.4 Å². The average Bonchev–Trinajstić information content (AvgIpc) is 3.52. The second-order valence-corrected chi connectivity index (χ2v) is 14.5. The van der Waals surface area contributed by atoms with Crippen LogP contribution in [0.4, 0.5) is 10.6 Å². The highest BCUT2D eigenvalue weighted by Gasteiger charge is 2.37. The lowest BCUT2D eigenvalue weighted by Gasteiger charge is -2.39. The summed E-state index contributed by atoms with van der Waals surface area (Å²) in [6.07, 6.45) is 8.34. The van der Waals surface area contributed by atoms with Gasteiger partial charge in [0, 0.05) is 49.4 Å². The van der Waals surface area contributed by atoms with Gasteiger partial charge in [-0.2, -0.15) is 5.10 Å². The van der Waals surface area contributed by atoms with E-state index in [1.807, 2.05) is 33.0 Å². The summed E-state index contributed by atoms with van der Waals surface area (Å²) in [5.41, 5.74) is 6.68. The topological polar surface area (TPSA) is 94.8 Å². The van der Waals surface area contributed by atoms with Crippen molar-refractivity contribution in [1.29, 1.82) is 0 Å². The third-order valence-electron chi connectivity index (χ3n) is 9.97. The number of carbonyl (C=O) groups is 1. The van der Waals surface area contributed by atoms with Gasteiger partial charge in [0.2, 0.25) is 0 Å². The number of aromatic nitrogens is 4. The number of benzene rings is 2. The quantitative estimate of drug-likeness (QED) is 0.220. The van der Waals surface area contributed by atoms with Crippen molar-refractivity contribution in [2.45, 2.75) is 84.2 Å². The second kappa shape index (κ2) is 13.8. The van der Waals surface area contributed by atoms with Gasteiger partial charge in [-0.25, -0.2) is 19.4 Å². The number of amides is 1. The van der Waals surface area contributed by atoms with E-state index in [4.69, 9.17) is 29.3 Å². The molecule has 3 atom stereocenters. The Labute approximate surface area is 283 Å². The molecule has 2 fully saturated rings. The van der Waals surface area contributed by atoms with Crippen LogP contribution >= 0.6 is 0 Å². The van der Waals surface area contributed by atoms with Gasteiger partial charge in [0.15, 0.2) is 6.23 Å². The van der Waals surface area contributed by atoms with Crippen molar-refractivity contribution < 1.29 is 19.0 Å². The summed E-state index contributed by atoms with van der Waals surface area (Å²) in [4.78, 5) is 26.6. The molecule has 0 bridgehead atoms. The van der Waals surface area contributed by atoms with Crippen molar-refractivity contribution >= 4 is 22.8 Å². The predicted octanol–water partition coefficient (Wildman–Crippen LogP) is 6.61. The van der Waals surface area contributed by atoms with E-state index in [1.54, 1.807) is 11.2 Å². The molecule has 2 aromatic heterocycles. The molecule has 2 saturated heterocycles. The van der Waals surface area contributed by atoms with Crippen LogP contribution in [0.25, 0.3) is 10.9 Å². The Morgan fingerprint density at radius 1 is 1.00 bits per heavy atom. The van der Waals surface area contributed by atoms with Crippen molar-refractivity contribution in [3.8, 4) is 0 Å². The molecular formula is C38H48N6O4. The molecule has 7 rings (SSSR count). The fourth-order valence-electron chi connectivity index (χ4n) is 7.61. The average molecular weight is 653 g/mol. The maximum Gasteiger partial charge on any atom is 0.410 e. The zero-order chi connectivity index (χ0) is 33.3. The molecule has 2 aromatic carbocycles. The lowest BCUT2D eigenvalue weighted by atomic mass is 9.72. The molecule has 3 aliphatic rings. The molecule has 2 aliphatic heterocycles. The zero-order valence-electron chi connectivity index (χ0n) is 28.7. The zero-order valence-corrected chi connectivity index (χ0v) is 28.7. The molecule has 4 heterocycles. The van der Waals surface area contributed by atoms with E-state index in [1.165, 1.54) is 27.6 Å². The molecule has 0 N–H and O–H groups in total. The van der Waals surface area contributed by atoms with Crippen molar-refractivity contribution in [2.75, 3.05) is 44.3 Å². The maximum atomic E-state index is 12.8. The van der Waals surface area contributed by atoms with E-state index in [0.717, 1.165) is 55.7 Å². The highest BCUT2D eigenvalue weighted by atomic mass is 16.6. The number of aryl methyl sites for hydroxylation is 1. The standard InChI is InChI=1S/C38H48N6O4/c1-26-13-14-33-31(22-41-44(33)34-12-8-9-19-47-34)35(26)29-21-32-30(20-28(29)24-46-23-27-10-6-5-7-11-27)36(40-25-39-32)42-15-17-43(18-16-42)37(45)48-38(2,3)4/h5-7,10-11,13-14,22,25,28-29,34H,8-9,12,15-21,23-24H2,1-4H3/t28-,29+,34?/m0/s1. The lowest BCUT2D eigenvalue weighted by Crippen LogP contribution is -2.50. The van der Waals surface area contributed by atoms with Gasteiger partial charge in [0.25, 0.3) is 0 Å². The molecule has 0 spiro atoms. The van der Waals surface area contributed by atoms with E-state index >= 15 is 0 Å². The number of hydrogen-bond acceptors (Lipinski definition) is 8. The Bertz CT molecular complexity index is 1720. The summed E-state index contributed by atoms with van der Waals surface area (Å²) < 4.78 is 20.4. The van der Waals surface area contributed by atoms with Crippen molar-refractivity contribution in [3.05, 3.63) is 82.9 Å². The number of ether oxygens (including phenoxy) is 3. The van der Waals surface area contributed by atoms with Crippen LogP contribution in [-0.4, -0.2) is 75.7 Å². The number of rotatable bonds is 7. The van der Waals surface area contributed by atoms with E-state index in [9.17, 15) is 4.79 Å². The number of hydrogen-bond donors (Lipinski definition) is 0. The first-order valence-corrected chi connectivity index (χ1v) is 17.5. The van der Waals surface area contributed by atoms with Crippen molar-refractivity contribution in [2.24, 2.45) is 5.92 Å². The van der Waals surface area contributed by atoms with Gasteiger partial charge in [-0.3, -0.25) is 0 Å². The first-order chi connectivity index (χ1) is 23.2. The summed E-state index contributed by atoms with van der Waals surface area (Å²) in [7, 11) is 0. The fraction of sp³-hybridized carbons (Fsp3) is 0.526. The Kier molecular flexibility index (Phi) is 9.38. The Morgan fingerprint density at radius 3 is 2.56 bits per heavy atom. The third-order valence-corrected chi connectivity index (χ3v) is 9.97. The van der Waals surface area contributed by atoms with Crippen LogP contribution in [0.3, 0.4) is 0 Å². The van der Waals surface area contributed by atoms with Gasteiger partial charge in [0.05, 0.1) is 24.9 Å². The Hall–Kier alpha value is -4.02. The van der Waals surface area contributed by atoms with E-state index in [0.29, 0.717) is 39.4 Å². The summed E-state index contributed by atoms with van der Waals surface area (Å²) >= 11 is 0. The molecule has 254 valence electrons. The first-order valence-electron chi connectivity index (χ1n) is 17.5. The molecule has 10 heteroatoms. The van der Waals surface area contributed by atoms with Gasteiger partial charge < -0.3 is 24.0 Å². The number of anilines is 1. The smallest absolute Gasteiger partial charge is 0.410 e. The van der Waals surface area contributed by atoms with Crippen LogP contribution < -0.4 is 4.90 Å². The maximum absolute atomic E-state index is 12.8. The molecule has 0 radical (unpaired) electrons. The highest BCUT2D eigenvalue weighted by molar-refractivity contribution is 5.84. The van der Waals surface area contributed by atoms with E-state index in [2.05, 4.69) is 52.9 Å². The van der Waals surface area contributed by atoms with E-state index < -0.39 is 5.60 Å². The molecule has 0 saturated carbocycles. The largest absolute Gasteiger partial charge is 0.444 e. The Morgan fingerprint density at radius 2 is 1.81 bits per heavy atom. The minimum Gasteiger partial charge on any atom is -0.444 e. The van der Waals surface area contributed by atoms with Gasteiger partial charge in [-0.15, -0.1) is 0 Å². The normalized spacial score (nSPS) is 21.7. The van der Waals surface area contributed by atoms with Crippen molar-refractivity contribution in [1.82, 2.24) is 24.6 Å². The summed E-state index contributed by atoms with van der Waals surface area (Å²) in [5.74, 6) is 1.40. The minimum absolute atomic E-state index is 0.0185. The first kappa shape index (κ1) is 32.5. The Balaban J connectivity index is 1.18. The van der Waals surface area contributed by atoms with Crippen molar-refractivity contribution in [3.63, 3.8) is 0 Å². The predicted molar refractivity (Wildman–Crippen MR) is 185 cm³/mol. The molecule has 1 unspecified atom stereocenters. The van der Waals surface area contributed by atoms with Crippen LogP contribution in [0.15, 0.2) is 55.0 Å². The fourth-order valence-corrected chi connectivity index (χ4v) is 7.61. The molecule has 48 heavy (non-hydrogen) atoms.